The van der Waals surface area contributed by atoms with Gasteiger partial charge >= 0.3 is 0 Å². The first-order chi connectivity index (χ1) is 11.9. The van der Waals surface area contributed by atoms with Crippen LogP contribution in [-0.2, 0) is 4.79 Å². The minimum Gasteiger partial charge on any atom is -0.508 e. The van der Waals surface area contributed by atoms with E-state index < -0.39 is 16.6 Å². The van der Waals surface area contributed by atoms with Crippen LogP contribution in [0.4, 0.5) is 5.69 Å². The first-order valence-electron chi connectivity index (χ1n) is 7.66. The van der Waals surface area contributed by atoms with E-state index in [4.69, 9.17) is 10.00 Å². The average molecular weight is 357 g/mol. The van der Waals surface area contributed by atoms with Gasteiger partial charge in [0, 0.05) is 4.90 Å². The fourth-order valence-electron chi connectivity index (χ4n) is 2.71. The predicted octanol–water partition coefficient (Wildman–Crippen LogP) is 2.88. The number of hydrogen-bond donors (Lipinski definition) is 3. The molecule has 0 aromatic heterocycles. The molecular weight excluding hydrogens is 338 g/mol. The molecule has 25 heavy (non-hydrogen) atoms. The van der Waals surface area contributed by atoms with Gasteiger partial charge in [-0.15, -0.1) is 0 Å². The number of anilines is 1. The number of nitrogens with one attached hydrogen (secondary N) is 1. The summed E-state index contributed by atoms with van der Waals surface area (Å²) in [5.41, 5.74) is 0.480. The van der Waals surface area contributed by atoms with Gasteiger partial charge in [0.25, 0.3) is 0 Å². The van der Waals surface area contributed by atoms with Crippen LogP contribution in [0.1, 0.15) is 19.4 Å². The Morgan fingerprint density at radius 1 is 1.24 bits per heavy atom. The van der Waals surface area contributed by atoms with Crippen molar-refractivity contribution >= 4 is 21.9 Å². The Kier molecular flexibility index (Phi) is 4.33. The lowest BCUT2D eigenvalue weighted by Crippen LogP contribution is -2.46. The third-order valence-corrected chi connectivity index (χ3v) is 6.31. The van der Waals surface area contributed by atoms with Gasteiger partial charge < -0.3 is 9.84 Å². The zero-order valence-electron chi connectivity index (χ0n) is 14.1. The Hall–Kier alpha value is -2.69. The Labute approximate surface area is 149 Å². The highest BCUT2D eigenvalue weighted by Crippen LogP contribution is 2.47. The molecule has 1 aliphatic heterocycles. The smallest absolute Gasteiger partial charge is 0.213 e. The molecule has 1 saturated heterocycles. The van der Waals surface area contributed by atoms with Gasteiger partial charge in [0.1, 0.15) is 23.1 Å². The van der Waals surface area contributed by atoms with Crippen LogP contribution in [-0.4, -0.2) is 22.9 Å². The van der Waals surface area contributed by atoms with Crippen molar-refractivity contribution in [2.45, 2.75) is 24.3 Å². The number of phenols is 1. The summed E-state index contributed by atoms with van der Waals surface area (Å²) in [7, 11) is 1.50. The molecule has 130 valence electrons. The molecule has 0 spiro atoms. The number of phenolic OH excluding ortho intramolecular Hbond substituents is 1. The van der Waals surface area contributed by atoms with Crippen LogP contribution in [0.2, 0.25) is 0 Å². The maximum Gasteiger partial charge on any atom is 0.213 e. The third kappa shape index (κ3) is 2.90. The molecular formula is C18H19N3O3S. The van der Waals surface area contributed by atoms with Crippen LogP contribution >= 0.6 is 11.1 Å². The van der Waals surface area contributed by atoms with Gasteiger partial charge in [0.15, 0.2) is 0 Å². The molecule has 0 aliphatic carbocycles. The SMILES string of the molecule is COc1cc([SH]2NN(c3ccc(O)cc3)C(C)(C)C2=O)ccc1C#N. The van der Waals surface area contributed by atoms with Crippen LogP contribution in [0.15, 0.2) is 47.4 Å². The van der Waals surface area contributed by atoms with E-state index in [1.165, 1.54) is 7.11 Å². The van der Waals surface area contributed by atoms with Gasteiger partial charge in [-0.3, -0.25) is 9.80 Å². The van der Waals surface area contributed by atoms with E-state index in [9.17, 15) is 9.90 Å². The number of thiol groups is 1. The molecule has 1 fully saturated rings. The summed E-state index contributed by atoms with van der Waals surface area (Å²) in [6.45, 7) is 3.72. The van der Waals surface area contributed by atoms with Gasteiger partial charge in [-0.25, -0.2) is 0 Å². The Balaban J connectivity index is 1.98. The van der Waals surface area contributed by atoms with Crippen molar-refractivity contribution in [1.82, 2.24) is 4.83 Å². The van der Waals surface area contributed by atoms with Crippen molar-refractivity contribution in [2.75, 3.05) is 12.1 Å². The number of carbonyl (C=O) groups excluding carboxylic acids is 1. The lowest BCUT2D eigenvalue weighted by Gasteiger charge is -2.30. The first-order valence-corrected chi connectivity index (χ1v) is 9.01. The van der Waals surface area contributed by atoms with Crippen molar-refractivity contribution in [3.63, 3.8) is 0 Å². The van der Waals surface area contributed by atoms with Crippen LogP contribution in [0.5, 0.6) is 11.5 Å². The van der Waals surface area contributed by atoms with Gasteiger partial charge in [-0.2, -0.15) is 10.1 Å². The van der Waals surface area contributed by atoms with Gasteiger partial charge in [-0.1, -0.05) is 11.1 Å². The summed E-state index contributed by atoms with van der Waals surface area (Å²) in [6.07, 6.45) is 0. The molecule has 2 aromatic rings. The van der Waals surface area contributed by atoms with E-state index in [1.54, 1.807) is 42.5 Å². The summed E-state index contributed by atoms with van der Waals surface area (Å²) in [5.74, 6) is 0.629. The second-order valence-electron chi connectivity index (χ2n) is 6.15. The lowest BCUT2D eigenvalue weighted by molar-refractivity contribution is -0.114. The number of hydrogen-bond acceptors (Lipinski definition) is 6. The number of ether oxygens (including phenoxy) is 1. The minimum atomic E-state index is -1.31. The summed E-state index contributed by atoms with van der Waals surface area (Å²) in [4.78, 5) is 17.1. The maximum absolute atomic E-state index is 13.0. The van der Waals surface area contributed by atoms with E-state index in [1.807, 2.05) is 18.9 Å². The Morgan fingerprint density at radius 2 is 1.92 bits per heavy atom. The molecule has 2 N–H and O–H groups in total. The number of rotatable bonds is 3. The fraction of sp³-hybridized carbons (Fsp3) is 0.222. The van der Waals surface area contributed by atoms with Crippen molar-refractivity contribution in [2.24, 2.45) is 0 Å². The summed E-state index contributed by atoms with van der Waals surface area (Å²) in [5, 5.41) is 20.5. The van der Waals surface area contributed by atoms with Crippen molar-refractivity contribution in [1.29, 1.82) is 5.26 Å². The highest BCUT2D eigenvalue weighted by Gasteiger charge is 2.46. The van der Waals surface area contributed by atoms with Crippen molar-refractivity contribution in [3.05, 3.63) is 48.0 Å². The molecule has 2 aromatic carbocycles. The Morgan fingerprint density at radius 3 is 2.52 bits per heavy atom. The van der Waals surface area contributed by atoms with Crippen LogP contribution < -0.4 is 14.6 Å². The topological polar surface area (TPSA) is 85.6 Å². The highest BCUT2D eigenvalue weighted by atomic mass is 32.2. The zero-order chi connectivity index (χ0) is 18.2. The van der Waals surface area contributed by atoms with Crippen LogP contribution in [0.25, 0.3) is 0 Å². The molecule has 1 heterocycles. The van der Waals surface area contributed by atoms with Gasteiger partial charge in [0.2, 0.25) is 5.12 Å². The highest BCUT2D eigenvalue weighted by molar-refractivity contribution is 8.28. The molecule has 1 atom stereocenters. The van der Waals surface area contributed by atoms with Crippen LogP contribution in [0, 0.1) is 11.3 Å². The largest absolute Gasteiger partial charge is 0.508 e. The standard InChI is InChI=1S/C18H19N3O3S/c1-18(2)17(23)25(15-9-4-12(11-19)16(10-15)24-3)20-21(18)13-5-7-14(22)8-6-13/h4-10,20,22,25H,1-3H3. The number of nitrogens with zero attached hydrogens (tertiary/aromatic N) is 2. The van der Waals surface area contributed by atoms with E-state index in [2.05, 4.69) is 10.9 Å². The van der Waals surface area contributed by atoms with Gasteiger partial charge in [0.05, 0.1) is 18.4 Å². The maximum atomic E-state index is 13.0. The Bertz CT molecular complexity index is 859. The molecule has 0 radical (unpaired) electrons. The molecule has 0 saturated carbocycles. The normalized spacial score (nSPS) is 20.3. The van der Waals surface area contributed by atoms with E-state index in [0.717, 1.165) is 10.6 Å². The second-order valence-corrected chi connectivity index (χ2v) is 7.94. The van der Waals surface area contributed by atoms with Crippen molar-refractivity contribution in [3.8, 4) is 17.6 Å². The molecule has 1 aliphatic rings. The quantitative estimate of drug-likeness (QED) is 0.733. The number of methoxy groups -OCH3 is 1. The number of nitriles is 1. The molecule has 1 unspecified atom stereocenters. The summed E-state index contributed by atoms with van der Waals surface area (Å²) in [6, 6.07) is 14.0. The zero-order valence-corrected chi connectivity index (χ0v) is 15.0. The van der Waals surface area contributed by atoms with Gasteiger partial charge in [-0.05, 0) is 56.3 Å². The number of carbonyl (C=O) groups is 1. The monoisotopic (exact) mass is 357 g/mol. The number of aromatic hydroxyl groups is 1. The summed E-state index contributed by atoms with van der Waals surface area (Å²) >= 11 is -1.31. The van der Waals surface area contributed by atoms with E-state index in [-0.39, 0.29) is 10.9 Å². The van der Waals surface area contributed by atoms with E-state index >= 15 is 0 Å². The number of benzene rings is 2. The predicted molar refractivity (Wildman–Crippen MR) is 97.8 cm³/mol. The average Bonchev–Trinajstić information content (AvgIpc) is 2.85. The molecule has 7 heteroatoms. The molecule has 3 rings (SSSR count). The fourth-order valence-corrected chi connectivity index (χ4v) is 4.83. The second kappa shape index (κ2) is 6.31. The van der Waals surface area contributed by atoms with Crippen LogP contribution in [0.3, 0.4) is 0 Å². The summed E-state index contributed by atoms with van der Waals surface area (Å²) < 4.78 is 5.26. The first kappa shape index (κ1) is 17.1. The van der Waals surface area contributed by atoms with E-state index in [0.29, 0.717) is 11.3 Å². The molecule has 0 amide bonds. The van der Waals surface area contributed by atoms with Crippen molar-refractivity contribution < 1.29 is 14.6 Å². The third-order valence-electron chi connectivity index (χ3n) is 4.16. The number of hydrazine groups is 1. The molecule has 0 bridgehead atoms. The lowest BCUT2D eigenvalue weighted by atomic mass is 10.1. The molecule has 6 nitrogen and oxygen atoms in total. The minimum absolute atomic E-state index is 0.0716.